The molecule has 0 amide bonds. The number of aliphatic hydroxyl groups is 1. The second-order valence-corrected chi connectivity index (χ2v) is 5.92. The first-order valence-corrected chi connectivity index (χ1v) is 7.92. The molecule has 1 saturated carbocycles. The number of hydrogen-bond acceptors (Lipinski definition) is 4. The van der Waals surface area contributed by atoms with Crippen molar-refractivity contribution in [1.82, 2.24) is 5.32 Å². The third-order valence-corrected chi connectivity index (χ3v) is 4.35. The number of ether oxygens (including phenoxy) is 2. The van der Waals surface area contributed by atoms with E-state index < -0.39 is 0 Å². The first-order chi connectivity index (χ1) is 9.35. The van der Waals surface area contributed by atoms with Gasteiger partial charge in [-0.05, 0) is 38.6 Å². The molecule has 1 saturated heterocycles. The summed E-state index contributed by atoms with van der Waals surface area (Å²) in [6.45, 7) is 3.24. The van der Waals surface area contributed by atoms with Gasteiger partial charge in [-0.2, -0.15) is 0 Å². The SMILES string of the molecule is OCCOCCCNCC1CCC2(CCCCC2)O1. The molecule has 0 aromatic rings. The quantitative estimate of drug-likeness (QED) is 0.662. The van der Waals surface area contributed by atoms with Gasteiger partial charge in [0.1, 0.15) is 0 Å². The van der Waals surface area contributed by atoms with Crippen LogP contribution < -0.4 is 5.32 Å². The molecule has 2 fully saturated rings. The van der Waals surface area contributed by atoms with Crippen molar-refractivity contribution < 1.29 is 14.6 Å². The molecule has 0 aromatic heterocycles. The molecular weight excluding hydrogens is 242 g/mol. The van der Waals surface area contributed by atoms with Gasteiger partial charge in [0, 0.05) is 13.2 Å². The van der Waals surface area contributed by atoms with E-state index in [0.29, 0.717) is 12.7 Å². The Kier molecular flexibility index (Phi) is 6.57. The number of hydrogen-bond donors (Lipinski definition) is 2. The van der Waals surface area contributed by atoms with Crippen molar-refractivity contribution in [2.24, 2.45) is 0 Å². The van der Waals surface area contributed by atoms with Crippen LogP contribution in [0.3, 0.4) is 0 Å². The second kappa shape index (κ2) is 8.20. The normalized spacial score (nSPS) is 26.1. The summed E-state index contributed by atoms with van der Waals surface area (Å²) >= 11 is 0. The predicted octanol–water partition coefficient (Wildman–Crippen LogP) is 1.86. The third kappa shape index (κ3) is 5.03. The molecule has 1 unspecified atom stereocenters. The summed E-state index contributed by atoms with van der Waals surface area (Å²) in [5.41, 5.74) is 0.245. The number of rotatable bonds is 8. The van der Waals surface area contributed by atoms with Gasteiger partial charge < -0.3 is 19.9 Å². The van der Waals surface area contributed by atoms with Crippen LogP contribution in [0.2, 0.25) is 0 Å². The lowest BCUT2D eigenvalue weighted by Crippen LogP contribution is -2.35. The Hall–Kier alpha value is -0.160. The highest BCUT2D eigenvalue weighted by Crippen LogP contribution is 2.41. The maximum atomic E-state index is 8.58. The van der Waals surface area contributed by atoms with E-state index in [9.17, 15) is 0 Å². The minimum Gasteiger partial charge on any atom is -0.394 e. The van der Waals surface area contributed by atoms with Gasteiger partial charge in [-0.15, -0.1) is 0 Å². The van der Waals surface area contributed by atoms with Crippen molar-refractivity contribution in [3.63, 3.8) is 0 Å². The zero-order valence-electron chi connectivity index (χ0n) is 12.0. The Balaban J connectivity index is 1.51. The van der Waals surface area contributed by atoms with Crippen molar-refractivity contribution >= 4 is 0 Å². The van der Waals surface area contributed by atoms with Crippen molar-refractivity contribution in [1.29, 1.82) is 0 Å². The highest BCUT2D eigenvalue weighted by Gasteiger charge is 2.40. The Morgan fingerprint density at radius 2 is 2.00 bits per heavy atom. The van der Waals surface area contributed by atoms with Gasteiger partial charge in [-0.25, -0.2) is 0 Å². The standard InChI is InChI=1S/C15H29NO3/c17-10-12-18-11-4-9-16-13-14-5-8-15(19-14)6-2-1-3-7-15/h14,16-17H,1-13H2. The van der Waals surface area contributed by atoms with Crippen LogP contribution in [0.15, 0.2) is 0 Å². The molecule has 4 heteroatoms. The van der Waals surface area contributed by atoms with E-state index in [4.69, 9.17) is 14.6 Å². The lowest BCUT2D eigenvalue weighted by atomic mass is 9.83. The first kappa shape index (κ1) is 15.2. The molecule has 112 valence electrons. The van der Waals surface area contributed by atoms with Crippen LogP contribution in [-0.2, 0) is 9.47 Å². The predicted molar refractivity (Wildman–Crippen MR) is 75.3 cm³/mol. The third-order valence-electron chi connectivity index (χ3n) is 4.35. The summed E-state index contributed by atoms with van der Waals surface area (Å²) in [5, 5.41) is 12.0. The topological polar surface area (TPSA) is 50.7 Å². The van der Waals surface area contributed by atoms with Gasteiger partial charge in [-0.1, -0.05) is 19.3 Å². The Morgan fingerprint density at radius 3 is 2.79 bits per heavy atom. The summed E-state index contributed by atoms with van der Waals surface area (Å²) in [7, 11) is 0. The van der Waals surface area contributed by atoms with E-state index in [1.807, 2.05) is 0 Å². The van der Waals surface area contributed by atoms with Crippen LogP contribution in [0.4, 0.5) is 0 Å². The van der Waals surface area contributed by atoms with E-state index >= 15 is 0 Å². The van der Waals surface area contributed by atoms with Gasteiger partial charge in [0.25, 0.3) is 0 Å². The van der Waals surface area contributed by atoms with E-state index in [0.717, 1.165) is 26.1 Å². The monoisotopic (exact) mass is 271 g/mol. The molecule has 1 atom stereocenters. The minimum atomic E-state index is 0.116. The summed E-state index contributed by atoms with van der Waals surface area (Å²) in [4.78, 5) is 0. The highest BCUT2D eigenvalue weighted by molar-refractivity contribution is 4.91. The summed E-state index contributed by atoms with van der Waals surface area (Å²) in [6, 6.07) is 0. The first-order valence-electron chi connectivity index (χ1n) is 7.92. The van der Waals surface area contributed by atoms with Gasteiger partial charge in [0.15, 0.2) is 0 Å². The van der Waals surface area contributed by atoms with Crippen molar-refractivity contribution in [2.45, 2.75) is 63.1 Å². The molecule has 0 radical (unpaired) electrons. The van der Waals surface area contributed by atoms with Gasteiger partial charge in [0.2, 0.25) is 0 Å². The highest BCUT2D eigenvalue weighted by atomic mass is 16.5. The molecular formula is C15H29NO3. The molecule has 1 aliphatic heterocycles. The zero-order chi connectivity index (χ0) is 13.4. The molecule has 0 bridgehead atoms. The fourth-order valence-electron chi connectivity index (χ4n) is 3.33. The average Bonchev–Trinajstić information content (AvgIpc) is 2.81. The number of aliphatic hydroxyl groups excluding tert-OH is 1. The summed E-state index contributed by atoms with van der Waals surface area (Å²) in [6.07, 6.45) is 10.5. The largest absolute Gasteiger partial charge is 0.394 e. The van der Waals surface area contributed by atoms with E-state index in [1.165, 1.54) is 44.9 Å². The minimum absolute atomic E-state index is 0.116. The molecule has 1 spiro atoms. The summed E-state index contributed by atoms with van der Waals surface area (Å²) in [5.74, 6) is 0. The zero-order valence-corrected chi connectivity index (χ0v) is 12.0. The fraction of sp³-hybridized carbons (Fsp3) is 1.00. The molecule has 4 nitrogen and oxygen atoms in total. The molecule has 1 aliphatic carbocycles. The second-order valence-electron chi connectivity index (χ2n) is 5.92. The lowest BCUT2D eigenvalue weighted by molar-refractivity contribution is -0.0623. The smallest absolute Gasteiger partial charge is 0.0708 e. The molecule has 2 rings (SSSR count). The van der Waals surface area contributed by atoms with Crippen molar-refractivity contribution in [2.75, 3.05) is 32.9 Å². The van der Waals surface area contributed by atoms with Crippen LogP contribution >= 0.6 is 0 Å². The van der Waals surface area contributed by atoms with Crippen molar-refractivity contribution in [3.05, 3.63) is 0 Å². The Morgan fingerprint density at radius 1 is 1.16 bits per heavy atom. The average molecular weight is 271 g/mol. The van der Waals surface area contributed by atoms with Gasteiger partial charge >= 0.3 is 0 Å². The van der Waals surface area contributed by atoms with Crippen LogP contribution in [0.1, 0.15) is 51.4 Å². The Labute approximate surface area is 116 Å². The molecule has 0 aromatic carbocycles. The maximum absolute atomic E-state index is 8.58. The Bertz CT molecular complexity index is 242. The molecule has 2 aliphatic rings. The van der Waals surface area contributed by atoms with Crippen LogP contribution in [-0.4, -0.2) is 49.7 Å². The van der Waals surface area contributed by atoms with Crippen LogP contribution in [0, 0.1) is 0 Å². The molecule has 1 heterocycles. The van der Waals surface area contributed by atoms with Crippen LogP contribution in [0.25, 0.3) is 0 Å². The number of nitrogens with one attached hydrogen (secondary N) is 1. The van der Waals surface area contributed by atoms with Crippen molar-refractivity contribution in [3.8, 4) is 0 Å². The van der Waals surface area contributed by atoms with Gasteiger partial charge in [-0.3, -0.25) is 0 Å². The van der Waals surface area contributed by atoms with E-state index in [1.54, 1.807) is 0 Å². The summed E-state index contributed by atoms with van der Waals surface area (Å²) < 4.78 is 11.5. The van der Waals surface area contributed by atoms with Crippen LogP contribution in [0.5, 0.6) is 0 Å². The molecule has 19 heavy (non-hydrogen) atoms. The molecule has 2 N–H and O–H groups in total. The van der Waals surface area contributed by atoms with E-state index in [-0.39, 0.29) is 12.2 Å². The van der Waals surface area contributed by atoms with Gasteiger partial charge in [0.05, 0.1) is 24.9 Å². The fourth-order valence-corrected chi connectivity index (χ4v) is 3.33. The van der Waals surface area contributed by atoms with E-state index in [2.05, 4.69) is 5.32 Å². The maximum Gasteiger partial charge on any atom is 0.0708 e. The lowest BCUT2D eigenvalue weighted by Gasteiger charge is -2.33.